The van der Waals surface area contributed by atoms with Gasteiger partial charge in [-0.25, -0.2) is 0 Å². The molecule has 0 aliphatic carbocycles. The number of hydrogen-bond acceptors (Lipinski definition) is 4. The average molecular weight is 230 g/mol. The van der Waals surface area contributed by atoms with Crippen LogP contribution in [0.1, 0.15) is 27.7 Å². The number of nitrogens with zero attached hydrogens (tertiary/aromatic N) is 1. The van der Waals surface area contributed by atoms with Crippen molar-refractivity contribution in [3.05, 3.63) is 0 Å². The molecule has 0 fully saturated rings. The fourth-order valence-electron chi connectivity index (χ4n) is 1.36. The molecule has 1 aliphatic rings. The van der Waals surface area contributed by atoms with Gasteiger partial charge in [0.25, 0.3) is 0 Å². The predicted molar refractivity (Wildman–Crippen MR) is 67.6 cm³/mol. The molecule has 1 rings (SSSR count). The highest BCUT2D eigenvalue weighted by Gasteiger charge is 2.19. The third-order valence-corrected chi connectivity index (χ3v) is 3.56. The fourth-order valence-corrected chi connectivity index (χ4v) is 2.32. The van der Waals surface area contributed by atoms with E-state index in [1.165, 1.54) is 0 Å². The summed E-state index contributed by atoms with van der Waals surface area (Å²) in [7, 11) is 0. The highest BCUT2D eigenvalue weighted by molar-refractivity contribution is 8.14. The standard InChI is InChI=1S/C11H22N2OS/c1-5-14-6-10(8(2)3)13-11-12-9(4)7-15-11/h8-10H,5-7H2,1-4H3,(H,12,13). The number of ether oxygens (including phenoxy) is 1. The normalized spacial score (nSPS) is 23.0. The smallest absolute Gasteiger partial charge is 0.157 e. The summed E-state index contributed by atoms with van der Waals surface area (Å²) in [6.45, 7) is 10.1. The summed E-state index contributed by atoms with van der Waals surface area (Å²) in [4.78, 5) is 4.53. The van der Waals surface area contributed by atoms with Crippen molar-refractivity contribution in [2.45, 2.75) is 39.8 Å². The summed E-state index contributed by atoms with van der Waals surface area (Å²) in [5, 5.41) is 4.55. The molecule has 2 atom stereocenters. The molecule has 0 saturated heterocycles. The van der Waals surface area contributed by atoms with Gasteiger partial charge in [0.1, 0.15) is 0 Å². The van der Waals surface area contributed by atoms with E-state index in [9.17, 15) is 0 Å². The van der Waals surface area contributed by atoms with E-state index in [-0.39, 0.29) is 0 Å². The Kier molecular flexibility index (Phi) is 5.47. The van der Waals surface area contributed by atoms with Crippen LogP contribution in [-0.4, -0.2) is 36.2 Å². The molecule has 0 radical (unpaired) electrons. The van der Waals surface area contributed by atoms with Gasteiger partial charge in [0.15, 0.2) is 5.17 Å². The van der Waals surface area contributed by atoms with Crippen molar-refractivity contribution < 1.29 is 4.74 Å². The number of thioether (sulfide) groups is 1. The van der Waals surface area contributed by atoms with Crippen LogP contribution < -0.4 is 5.32 Å². The minimum Gasteiger partial charge on any atom is -0.380 e. The lowest BCUT2D eigenvalue weighted by Crippen LogP contribution is -2.40. The van der Waals surface area contributed by atoms with Gasteiger partial charge in [0.2, 0.25) is 0 Å². The van der Waals surface area contributed by atoms with E-state index in [0.717, 1.165) is 24.1 Å². The fraction of sp³-hybridized carbons (Fsp3) is 0.909. The Hall–Kier alpha value is -0.220. The third kappa shape index (κ3) is 4.43. The van der Waals surface area contributed by atoms with Crippen LogP contribution in [0, 0.1) is 5.92 Å². The first kappa shape index (κ1) is 12.8. The Bertz CT molecular complexity index is 219. The number of hydrogen-bond donors (Lipinski definition) is 1. The molecular weight excluding hydrogens is 208 g/mol. The van der Waals surface area contributed by atoms with Gasteiger partial charge in [0, 0.05) is 12.4 Å². The van der Waals surface area contributed by atoms with E-state index in [0.29, 0.717) is 18.0 Å². The van der Waals surface area contributed by atoms with Crippen molar-refractivity contribution in [3.63, 3.8) is 0 Å². The third-order valence-electron chi connectivity index (χ3n) is 2.41. The molecule has 4 heteroatoms. The maximum absolute atomic E-state index is 5.47. The van der Waals surface area contributed by atoms with Crippen LogP contribution in [0.4, 0.5) is 0 Å². The minimum atomic E-state index is 0.376. The molecule has 1 aliphatic heterocycles. The first-order valence-corrected chi connectivity index (χ1v) is 6.67. The van der Waals surface area contributed by atoms with E-state index < -0.39 is 0 Å². The van der Waals surface area contributed by atoms with Crippen LogP contribution in [0.25, 0.3) is 0 Å². The summed E-state index contributed by atoms with van der Waals surface area (Å²) in [5.74, 6) is 1.66. The second-order valence-corrected chi connectivity index (χ2v) is 5.26. The minimum absolute atomic E-state index is 0.376. The van der Waals surface area contributed by atoms with E-state index in [1.54, 1.807) is 0 Å². The van der Waals surface area contributed by atoms with Gasteiger partial charge in [-0.15, -0.1) is 0 Å². The summed E-state index contributed by atoms with van der Waals surface area (Å²) in [6, 6.07) is 0.832. The molecule has 0 aromatic carbocycles. The van der Waals surface area contributed by atoms with E-state index >= 15 is 0 Å². The first-order valence-electron chi connectivity index (χ1n) is 5.68. The maximum atomic E-state index is 5.47. The molecule has 88 valence electrons. The number of amidine groups is 1. The van der Waals surface area contributed by atoms with Crippen LogP contribution in [0.2, 0.25) is 0 Å². The Morgan fingerprint density at radius 2 is 2.33 bits per heavy atom. The number of aliphatic imine (C=N–C) groups is 1. The van der Waals surface area contributed by atoms with Crippen molar-refractivity contribution in [2.24, 2.45) is 10.9 Å². The number of nitrogens with one attached hydrogen (secondary N) is 1. The molecule has 0 aromatic rings. The topological polar surface area (TPSA) is 33.6 Å². The second kappa shape index (κ2) is 6.38. The van der Waals surface area contributed by atoms with Crippen LogP contribution in [0.15, 0.2) is 4.99 Å². The molecule has 0 spiro atoms. The largest absolute Gasteiger partial charge is 0.380 e. The van der Waals surface area contributed by atoms with Gasteiger partial charge in [-0.2, -0.15) is 0 Å². The van der Waals surface area contributed by atoms with Crippen LogP contribution in [-0.2, 0) is 4.74 Å². The summed E-state index contributed by atoms with van der Waals surface area (Å²) < 4.78 is 5.47. The quantitative estimate of drug-likeness (QED) is 0.785. The molecule has 15 heavy (non-hydrogen) atoms. The van der Waals surface area contributed by atoms with Gasteiger partial charge in [-0.1, -0.05) is 25.6 Å². The van der Waals surface area contributed by atoms with E-state index in [1.807, 2.05) is 18.7 Å². The van der Waals surface area contributed by atoms with Crippen LogP contribution in [0.5, 0.6) is 0 Å². The molecule has 3 nitrogen and oxygen atoms in total. The lowest BCUT2D eigenvalue weighted by atomic mass is 10.1. The summed E-state index contributed by atoms with van der Waals surface area (Å²) in [6.07, 6.45) is 0. The molecule has 1 heterocycles. The molecule has 1 N–H and O–H groups in total. The lowest BCUT2D eigenvalue weighted by Gasteiger charge is -2.22. The Morgan fingerprint density at radius 3 is 2.80 bits per heavy atom. The SMILES string of the molecule is CCOCC(NC1=NC(C)CS1)C(C)C. The van der Waals surface area contributed by atoms with Gasteiger partial charge < -0.3 is 10.1 Å². The van der Waals surface area contributed by atoms with Gasteiger partial charge in [0.05, 0.1) is 18.7 Å². The molecule has 0 bridgehead atoms. The molecule has 0 saturated carbocycles. The highest BCUT2D eigenvalue weighted by atomic mass is 32.2. The Balaban J connectivity index is 2.40. The van der Waals surface area contributed by atoms with Crippen molar-refractivity contribution >= 4 is 16.9 Å². The molecular formula is C11H22N2OS. The molecule has 2 unspecified atom stereocenters. The van der Waals surface area contributed by atoms with Gasteiger partial charge in [-0.05, 0) is 19.8 Å². The lowest BCUT2D eigenvalue weighted by molar-refractivity contribution is 0.115. The zero-order valence-electron chi connectivity index (χ0n) is 10.1. The van der Waals surface area contributed by atoms with Crippen LogP contribution >= 0.6 is 11.8 Å². The van der Waals surface area contributed by atoms with E-state index in [4.69, 9.17) is 4.74 Å². The maximum Gasteiger partial charge on any atom is 0.157 e. The zero-order chi connectivity index (χ0) is 11.3. The second-order valence-electron chi connectivity index (χ2n) is 4.25. The van der Waals surface area contributed by atoms with Crippen molar-refractivity contribution in [1.29, 1.82) is 0 Å². The summed E-state index contributed by atoms with van der Waals surface area (Å²) >= 11 is 1.81. The molecule has 0 aromatic heterocycles. The van der Waals surface area contributed by atoms with Crippen molar-refractivity contribution in [3.8, 4) is 0 Å². The number of rotatable bonds is 5. The van der Waals surface area contributed by atoms with E-state index in [2.05, 4.69) is 31.1 Å². The average Bonchev–Trinajstić information content (AvgIpc) is 2.58. The Morgan fingerprint density at radius 1 is 1.60 bits per heavy atom. The van der Waals surface area contributed by atoms with Gasteiger partial charge >= 0.3 is 0 Å². The Labute approximate surface area is 97.1 Å². The van der Waals surface area contributed by atoms with Gasteiger partial charge in [-0.3, -0.25) is 4.99 Å². The highest BCUT2D eigenvalue weighted by Crippen LogP contribution is 2.17. The van der Waals surface area contributed by atoms with Crippen LogP contribution in [0.3, 0.4) is 0 Å². The zero-order valence-corrected chi connectivity index (χ0v) is 10.9. The predicted octanol–water partition coefficient (Wildman–Crippen LogP) is 2.13. The monoisotopic (exact) mass is 230 g/mol. The summed E-state index contributed by atoms with van der Waals surface area (Å²) in [5.41, 5.74) is 0. The van der Waals surface area contributed by atoms with Crippen molar-refractivity contribution in [2.75, 3.05) is 19.0 Å². The van der Waals surface area contributed by atoms with Crippen molar-refractivity contribution in [1.82, 2.24) is 5.32 Å². The first-order chi connectivity index (χ1) is 7.13. The molecule has 0 amide bonds.